The van der Waals surface area contributed by atoms with E-state index in [1.165, 1.54) is 50.8 Å². The molecule has 0 saturated carbocycles. The molecule has 1 saturated heterocycles. The molecule has 1 nitrogen and oxygen atoms in total. The van der Waals surface area contributed by atoms with Crippen LogP contribution < -0.4 is 0 Å². The number of fused-ring (bicyclic) bond motifs is 2. The van der Waals surface area contributed by atoms with E-state index in [0.717, 1.165) is 11.6 Å². The molecule has 1 aliphatic heterocycles. The molecule has 2 aromatic rings. The predicted molar refractivity (Wildman–Crippen MR) is 104 cm³/mol. The van der Waals surface area contributed by atoms with Crippen molar-refractivity contribution in [3.8, 4) is 0 Å². The summed E-state index contributed by atoms with van der Waals surface area (Å²) in [6.45, 7) is 3.46. The Hall–Kier alpha value is -1.02. The van der Waals surface area contributed by atoms with Gasteiger partial charge in [-0.15, -0.1) is 12.4 Å². The van der Waals surface area contributed by atoms with E-state index < -0.39 is 0 Å². The number of hydrogen-bond donors (Lipinski definition) is 0. The molecular formula is C21H25Cl2N. The third kappa shape index (κ3) is 3.49. The maximum atomic E-state index is 5.99. The predicted octanol–water partition coefficient (Wildman–Crippen LogP) is 5.63. The summed E-state index contributed by atoms with van der Waals surface area (Å²) in [5.41, 5.74) is 5.07. The topological polar surface area (TPSA) is 3.24 Å². The minimum Gasteiger partial charge on any atom is -0.299 e. The molecule has 0 atom stereocenters. The Bertz CT molecular complexity index is 672. The summed E-state index contributed by atoms with van der Waals surface area (Å²) >= 11 is 5.99. The lowest BCUT2D eigenvalue weighted by molar-refractivity contribution is 0.139. The highest BCUT2D eigenvalue weighted by molar-refractivity contribution is 6.30. The quantitative estimate of drug-likeness (QED) is 0.669. The molecule has 2 aromatic carbocycles. The molecule has 0 bridgehead atoms. The first-order valence-corrected chi connectivity index (χ1v) is 9.18. The second kappa shape index (κ2) is 7.47. The number of rotatable bonds is 2. The zero-order chi connectivity index (χ0) is 15.7. The van der Waals surface area contributed by atoms with Crippen LogP contribution >= 0.6 is 24.0 Å². The van der Waals surface area contributed by atoms with Crippen LogP contribution in [0.1, 0.15) is 42.4 Å². The van der Waals surface area contributed by atoms with Crippen LogP contribution in [0.15, 0.2) is 48.5 Å². The second-order valence-electron chi connectivity index (χ2n) is 7.19. The van der Waals surface area contributed by atoms with Gasteiger partial charge in [-0.1, -0.05) is 48.0 Å². The highest BCUT2D eigenvalue weighted by Crippen LogP contribution is 2.44. The second-order valence-corrected chi connectivity index (χ2v) is 7.63. The maximum absolute atomic E-state index is 5.99. The lowest BCUT2D eigenvalue weighted by Gasteiger charge is -2.45. The van der Waals surface area contributed by atoms with Crippen molar-refractivity contribution in [3.63, 3.8) is 0 Å². The summed E-state index contributed by atoms with van der Waals surface area (Å²) in [5.74, 6) is 0. The van der Waals surface area contributed by atoms with E-state index in [0.29, 0.717) is 5.41 Å². The average molecular weight is 362 g/mol. The standard InChI is InChI=1S/C21H24ClN.ClH/c22-19-9-7-17(8-10-19)16-23-14-12-21(13-15-23)11-3-5-18-4-1-2-6-20(18)21;/h1-2,4,6-10H,3,5,11-16H2;1H. The van der Waals surface area contributed by atoms with Gasteiger partial charge in [0.05, 0.1) is 0 Å². The number of likely N-dealkylation sites (tertiary alicyclic amines) is 1. The van der Waals surface area contributed by atoms with Gasteiger partial charge in [-0.2, -0.15) is 0 Å². The van der Waals surface area contributed by atoms with Crippen molar-refractivity contribution in [1.82, 2.24) is 4.90 Å². The zero-order valence-corrected chi connectivity index (χ0v) is 15.6. The first-order valence-electron chi connectivity index (χ1n) is 8.80. The minimum atomic E-state index is 0. The normalized spacial score (nSPS) is 19.5. The minimum absolute atomic E-state index is 0. The van der Waals surface area contributed by atoms with Crippen molar-refractivity contribution < 1.29 is 0 Å². The monoisotopic (exact) mass is 361 g/mol. The summed E-state index contributed by atoms with van der Waals surface area (Å²) in [4.78, 5) is 2.60. The SMILES string of the molecule is Cl.Clc1ccc(CN2CCC3(CCCc4ccccc43)CC2)cc1. The van der Waals surface area contributed by atoms with Crippen molar-refractivity contribution in [2.24, 2.45) is 0 Å². The third-order valence-electron chi connectivity index (χ3n) is 5.82. The fraction of sp³-hybridized carbons (Fsp3) is 0.429. The molecule has 0 aromatic heterocycles. The number of hydrogen-bond acceptors (Lipinski definition) is 1. The number of aryl methyl sites for hydroxylation is 1. The number of benzene rings is 2. The molecule has 1 fully saturated rings. The van der Waals surface area contributed by atoms with E-state index in [9.17, 15) is 0 Å². The molecule has 0 amide bonds. The Morgan fingerprint density at radius 3 is 2.38 bits per heavy atom. The summed E-state index contributed by atoms with van der Waals surface area (Å²) in [6, 6.07) is 17.5. The summed E-state index contributed by atoms with van der Waals surface area (Å²) in [5, 5.41) is 0.824. The molecule has 1 heterocycles. The third-order valence-corrected chi connectivity index (χ3v) is 6.07. The first-order chi connectivity index (χ1) is 11.3. The van der Waals surface area contributed by atoms with Gasteiger partial charge in [-0.05, 0) is 79.4 Å². The van der Waals surface area contributed by atoms with E-state index in [4.69, 9.17) is 11.6 Å². The fourth-order valence-electron chi connectivity index (χ4n) is 4.51. The lowest BCUT2D eigenvalue weighted by Crippen LogP contribution is -2.44. The average Bonchev–Trinajstić information content (AvgIpc) is 2.60. The van der Waals surface area contributed by atoms with Gasteiger partial charge in [-0.3, -0.25) is 4.90 Å². The van der Waals surface area contributed by atoms with Crippen LogP contribution in [-0.2, 0) is 18.4 Å². The van der Waals surface area contributed by atoms with Gasteiger partial charge in [0.2, 0.25) is 0 Å². The van der Waals surface area contributed by atoms with Crippen LogP contribution in [0, 0.1) is 0 Å². The molecular weight excluding hydrogens is 337 g/mol. The van der Waals surface area contributed by atoms with Crippen molar-refractivity contribution in [2.45, 2.75) is 44.1 Å². The van der Waals surface area contributed by atoms with Gasteiger partial charge in [0.1, 0.15) is 0 Å². The summed E-state index contributed by atoms with van der Waals surface area (Å²) < 4.78 is 0. The molecule has 0 unspecified atom stereocenters. The molecule has 1 spiro atoms. The number of piperidine rings is 1. The van der Waals surface area contributed by atoms with E-state index >= 15 is 0 Å². The number of halogens is 2. The van der Waals surface area contributed by atoms with Crippen molar-refractivity contribution in [3.05, 3.63) is 70.2 Å². The highest BCUT2D eigenvalue weighted by Gasteiger charge is 2.38. The van der Waals surface area contributed by atoms with Gasteiger partial charge < -0.3 is 0 Å². The van der Waals surface area contributed by atoms with Gasteiger partial charge in [-0.25, -0.2) is 0 Å². The van der Waals surface area contributed by atoms with E-state index in [1.54, 1.807) is 11.1 Å². The molecule has 4 rings (SSSR count). The Kier molecular flexibility index (Phi) is 5.54. The molecule has 128 valence electrons. The molecule has 3 heteroatoms. The highest BCUT2D eigenvalue weighted by atomic mass is 35.5. The fourth-order valence-corrected chi connectivity index (χ4v) is 4.64. The zero-order valence-electron chi connectivity index (χ0n) is 14.0. The van der Waals surface area contributed by atoms with E-state index in [1.807, 2.05) is 12.1 Å². The van der Waals surface area contributed by atoms with E-state index in [2.05, 4.69) is 41.3 Å². The van der Waals surface area contributed by atoms with Gasteiger partial charge >= 0.3 is 0 Å². The molecule has 1 aliphatic carbocycles. The van der Waals surface area contributed by atoms with Crippen LogP contribution in [0.4, 0.5) is 0 Å². The van der Waals surface area contributed by atoms with Crippen molar-refractivity contribution in [1.29, 1.82) is 0 Å². The van der Waals surface area contributed by atoms with Crippen molar-refractivity contribution in [2.75, 3.05) is 13.1 Å². The number of nitrogens with zero attached hydrogens (tertiary/aromatic N) is 1. The molecule has 24 heavy (non-hydrogen) atoms. The smallest absolute Gasteiger partial charge is 0.0406 e. The van der Waals surface area contributed by atoms with Gasteiger partial charge in [0.25, 0.3) is 0 Å². The van der Waals surface area contributed by atoms with Crippen molar-refractivity contribution >= 4 is 24.0 Å². The largest absolute Gasteiger partial charge is 0.299 e. The van der Waals surface area contributed by atoms with Gasteiger partial charge in [0, 0.05) is 11.6 Å². The molecule has 0 radical (unpaired) electrons. The maximum Gasteiger partial charge on any atom is 0.0406 e. The van der Waals surface area contributed by atoms with Crippen LogP contribution in [0.3, 0.4) is 0 Å². The van der Waals surface area contributed by atoms with Crippen LogP contribution in [0.25, 0.3) is 0 Å². The van der Waals surface area contributed by atoms with E-state index in [-0.39, 0.29) is 12.4 Å². The summed E-state index contributed by atoms with van der Waals surface area (Å²) in [7, 11) is 0. The Balaban J connectivity index is 0.00000169. The Morgan fingerprint density at radius 2 is 1.62 bits per heavy atom. The first kappa shape index (κ1) is 17.8. The Labute approximate surface area is 156 Å². The Morgan fingerprint density at radius 1 is 0.917 bits per heavy atom. The molecule has 2 aliphatic rings. The van der Waals surface area contributed by atoms with Crippen LogP contribution in [0.2, 0.25) is 5.02 Å². The van der Waals surface area contributed by atoms with Crippen LogP contribution in [0.5, 0.6) is 0 Å². The molecule has 0 N–H and O–H groups in total. The summed E-state index contributed by atoms with van der Waals surface area (Å²) in [6.07, 6.45) is 6.61. The lowest BCUT2D eigenvalue weighted by atomic mass is 9.65. The van der Waals surface area contributed by atoms with Gasteiger partial charge in [0.15, 0.2) is 0 Å². The van der Waals surface area contributed by atoms with Crippen LogP contribution in [-0.4, -0.2) is 18.0 Å².